The van der Waals surface area contributed by atoms with Gasteiger partial charge in [-0.25, -0.2) is 4.98 Å². The summed E-state index contributed by atoms with van der Waals surface area (Å²) in [6.07, 6.45) is 0. The Hall–Kier alpha value is -1.03. The third-order valence-corrected chi connectivity index (χ3v) is 2.90. The monoisotopic (exact) mass is 267 g/mol. The van der Waals surface area contributed by atoms with Crippen LogP contribution in [0.25, 0.3) is 5.52 Å². The van der Waals surface area contributed by atoms with Crippen molar-refractivity contribution in [1.29, 1.82) is 0 Å². The lowest BCUT2D eigenvalue weighted by atomic mass is 9.96. The molecule has 2 aromatic rings. The summed E-state index contributed by atoms with van der Waals surface area (Å²) < 4.78 is 2.84. The molecule has 2 N–H and O–H groups in total. The Morgan fingerprint density at radius 3 is 2.60 bits per heavy atom. The smallest absolute Gasteiger partial charge is 0.132 e. The first-order valence-electron chi connectivity index (χ1n) is 4.84. The number of hydrogen-bond acceptors (Lipinski definition) is 2. The molecule has 15 heavy (non-hydrogen) atoms. The van der Waals surface area contributed by atoms with Crippen LogP contribution in [0.4, 0.5) is 5.82 Å². The Morgan fingerprint density at radius 1 is 1.33 bits per heavy atom. The third kappa shape index (κ3) is 1.63. The van der Waals surface area contributed by atoms with Crippen molar-refractivity contribution in [2.24, 2.45) is 0 Å². The number of hydrogen-bond donors (Lipinski definition) is 1. The van der Waals surface area contributed by atoms with Gasteiger partial charge in [-0.2, -0.15) is 0 Å². The van der Waals surface area contributed by atoms with Crippen molar-refractivity contribution in [3.05, 3.63) is 28.6 Å². The molecule has 0 bridgehead atoms. The highest BCUT2D eigenvalue weighted by Crippen LogP contribution is 2.29. The molecule has 80 valence electrons. The average molecular weight is 268 g/mol. The molecule has 3 nitrogen and oxygen atoms in total. The lowest BCUT2D eigenvalue weighted by molar-refractivity contribution is 0.543. The van der Waals surface area contributed by atoms with E-state index in [9.17, 15) is 0 Å². The number of halogens is 1. The molecule has 0 aromatic carbocycles. The molecule has 2 aromatic heterocycles. The summed E-state index contributed by atoms with van der Waals surface area (Å²) in [6, 6.07) is 5.82. The zero-order chi connectivity index (χ0) is 11.2. The highest BCUT2D eigenvalue weighted by molar-refractivity contribution is 9.10. The third-order valence-electron chi connectivity index (χ3n) is 2.32. The Morgan fingerprint density at radius 2 is 2.00 bits per heavy atom. The zero-order valence-corrected chi connectivity index (χ0v) is 10.7. The highest BCUT2D eigenvalue weighted by Gasteiger charge is 2.22. The summed E-state index contributed by atoms with van der Waals surface area (Å²) in [4.78, 5) is 4.52. The normalized spacial score (nSPS) is 12.3. The van der Waals surface area contributed by atoms with Crippen LogP contribution in [0.15, 0.2) is 22.8 Å². The minimum absolute atomic E-state index is 0.0234. The molecule has 0 saturated heterocycles. The van der Waals surface area contributed by atoms with Crippen molar-refractivity contribution in [1.82, 2.24) is 9.38 Å². The van der Waals surface area contributed by atoms with Crippen LogP contribution in [0.3, 0.4) is 0 Å². The predicted octanol–water partition coefficient (Wildman–Crippen LogP) is 2.98. The van der Waals surface area contributed by atoms with Crippen molar-refractivity contribution >= 4 is 27.3 Å². The first-order valence-corrected chi connectivity index (χ1v) is 5.63. The van der Waals surface area contributed by atoms with E-state index in [1.165, 1.54) is 0 Å². The van der Waals surface area contributed by atoms with Crippen molar-refractivity contribution in [3.8, 4) is 0 Å². The summed E-state index contributed by atoms with van der Waals surface area (Å²) in [5.74, 6) is 1.69. The van der Waals surface area contributed by atoms with Gasteiger partial charge in [-0.3, -0.25) is 4.40 Å². The molecular formula is C11H14BrN3. The van der Waals surface area contributed by atoms with Crippen molar-refractivity contribution < 1.29 is 0 Å². The van der Waals surface area contributed by atoms with Gasteiger partial charge in [-0.1, -0.05) is 26.8 Å². The van der Waals surface area contributed by atoms with E-state index in [-0.39, 0.29) is 5.41 Å². The quantitative estimate of drug-likeness (QED) is 0.798. The molecule has 0 saturated carbocycles. The van der Waals surface area contributed by atoms with Gasteiger partial charge >= 0.3 is 0 Å². The summed E-state index contributed by atoms with van der Waals surface area (Å²) >= 11 is 3.46. The van der Waals surface area contributed by atoms with Gasteiger partial charge in [0.15, 0.2) is 0 Å². The SMILES string of the molecule is CC(C)(C)c1nc(Br)c2cccc(N)n12. The molecule has 0 radical (unpaired) electrons. The molecule has 0 aliphatic carbocycles. The van der Waals surface area contributed by atoms with Gasteiger partial charge in [-0.05, 0) is 28.1 Å². The molecule has 0 atom stereocenters. The van der Waals surface area contributed by atoms with Crippen molar-refractivity contribution in [2.45, 2.75) is 26.2 Å². The van der Waals surface area contributed by atoms with Crippen molar-refractivity contribution in [2.75, 3.05) is 5.73 Å². The van der Waals surface area contributed by atoms with E-state index in [2.05, 4.69) is 41.7 Å². The fraction of sp³-hybridized carbons (Fsp3) is 0.364. The topological polar surface area (TPSA) is 43.3 Å². The predicted molar refractivity (Wildman–Crippen MR) is 66.0 cm³/mol. The van der Waals surface area contributed by atoms with Gasteiger partial charge in [0.25, 0.3) is 0 Å². The number of fused-ring (bicyclic) bond motifs is 1. The molecule has 2 rings (SSSR count). The first-order chi connectivity index (χ1) is 6.91. The minimum atomic E-state index is -0.0234. The van der Waals surface area contributed by atoms with Gasteiger partial charge in [0.1, 0.15) is 16.2 Å². The first kappa shape index (κ1) is 10.5. The number of anilines is 1. The number of aromatic nitrogens is 2. The van der Waals surface area contributed by atoms with Crippen LogP contribution in [0.1, 0.15) is 26.6 Å². The summed E-state index contributed by atoms with van der Waals surface area (Å²) in [5.41, 5.74) is 6.96. The molecule has 4 heteroatoms. The molecule has 0 aliphatic heterocycles. The van der Waals surface area contributed by atoms with Gasteiger partial charge in [0, 0.05) is 5.41 Å². The summed E-state index contributed by atoms with van der Waals surface area (Å²) in [5, 5.41) is 0. The number of rotatable bonds is 0. The second-order valence-corrected chi connectivity index (χ2v) is 5.40. The maximum atomic E-state index is 5.97. The molecular weight excluding hydrogens is 254 g/mol. The molecule has 0 spiro atoms. The summed E-state index contributed by atoms with van der Waals surface area (Å²) in [7, 11) is 0. The van der Waals surface area contributed by atoms with Gasteiger partial charge in [0.05, 0.1) is 5.52 Å². The molecule has 0 aliphatic rings. The lowest BCUT2D eigenvalue weighted by Crippen LogP contribution is -2.17. The molecule has 2 heterocycles. The minimum Gasteiger partial charge on any atom is -0.385 e. The molecule has 0 fully saturated rings. The number of nitrogen functional groups attached to an aromatic ring is 1. The van der Waals surface area contributed by atoms with E-state index < -0.39 is 0 Å². The average Bonchev–Trinajstić information content (AvgIpc) is 2.45. The van der Waals surface area contributed by atoms with Crippen LogP contribution in [0.2, 0.25) is 0 Å². The van der Waals surface area contributed by atoms with Crippen LogP contribution < -0.4 is 5.73 Å². The maximum absolute atomic E-state index is 5.97. The number of nitrogens with zero attached hydrogens (tertiary/aromatic N) is 2. The second-order valence-electron chi connectivity index (χ2n) is 4.65. The molecule has 0 amide bonds. The van der Waals surface area contributed by atoms with E-state index in [1.807, 2.05) is 22.6 Å². The highest BCUT2D eigenvalue weighted by atomic mass is 79.9. The second kappa shape index (κ2) is 3.23. The van der Waals surface area contributed by atoms with Gasteiger partial charge < -0.3 is 5.73 Å². The zero-order valence-electron chi connectivity index (χ0n) is 9.08. The van der Waals surface area contributed by atoms with Crippen LogP contribution in [-0.2, 0) is 5.41 Å². The van der Waals surface area contributed by atoms with E-state index in [1.54, 1.807) is 0 Å². The van der Waals surface area contributed by atoms with Crippen LogP contribution in [0.5, 0.6) is 0 Å². The van der Waals surface area contributed by atoms with Gasteiger partial charge in [-0.15, -0.1) is 0 Å². The Kier molecular flexibility index (Phi) is 2.26. The van der Waals surface area contributed by atoms with Crippen LogP contribution in [0, 0.1) is 0 Å². The van der Waals surface area contributed by atoms with E-state index in [0.717, 1.165) is 21.8 Å². The Balaban J connectivity index is 2.88. The largest absolute Gasteiger partial charge is 0.385 e. The van der Waals surface area contributed by atoms with Gasteiger partial charge in [0.2, 0.25) is 0 Å². The fourth-order valence-corrected chi connectivity index (χ4v) is 2.10. The number of nitrogens with two attached hydrogens (primary N) is 1. The standard InChI is InChI=1S/C11H14BrN3/c1-11(2,3)10-14-9(12)7-5-4-6-8(13)15(7)10/h4-6H,13H2,1-3H3. The number of pyridine rings is 1. The molecule has 0 unspecified atom stereocenters. The Bertz CT molecular complexity index is 508. The fourth-order valence-electron chi connectivity index (χ4n) is 1.63. The van der Waals surface area contributed by atoms with E-state index >= 15 is 0 Å². The van der Waals surface area contributed by atoms with E-state index in [4.69, 9.17) is 5.73 Å². The van der Waals surface area contributed by atoms with E-state index in [0.29, 0.717) is 0 Å². The number of imidazole rings is 1. The summed E-state index contributed by atoms with van der Waals surface area (Å²) in [6.45, 7) is 6.38. The van der Waals surface area contributed by atoms with Crippen LogP contribution >= 0.6 is 15.9 Å². The maximum Gasteiger partial charge on any atom is 0.132 e. The lowest BCUT2D eigenvalue weighted by Gasteiger charge is -2.17. The van der Waals surface area contributed by atoms with Crippen LogP contribution in [-0.4, -0.2) is 9.38 Å². The Labute approximate surface area is 97.4 Å². The van der Waals surface area contributed by atoms with Crippen molar-refractivity contribution in [3.63, 3.8) is 0 Å².